The topological polar surface area (TPSA) is 29.3 Å². The molecular formula is C15H23BrN2S. The van der Waals surface area contributed by atoms with Crippen LogP contribution >= 0.6 is 27.7 Å². The standard InChI is InChI=1S/C15H23BrN2S/c1-11-4-5-12(13(16)8-11)14(9-17)18-6-7-19-15(2,3)10-18/h4-5,8,14H,6-7,9-10,17H2,1-3H3. The van der Waals surface area contributed by atoms with E-state index in [1.165, 1.54) is 21.4 Å². The molecular weight excluding hydrogens is 320 g/mol. The zero-order chi connectivity index (χ0) is 14.0. The molecule has 1 fully saturated rings. The Balaban J connectivity index is 2.24. The maximum absolute atomic E-state index is 6.06. The van der Waals surface area contributed by atoms with Crippen LogP contribution in [0.1, 0.15) is 31.0 Å². The molecule has 106 valence electrons. The van der Waals surface area contributed by atoms with Gasteiger partial charge in [0.25, 0.3) is 0 Å². The molecule has 0 radical (unpaired) electrons. The van der Waals surface area contributed by atoms with E-state index in [1.807, 2.05) is 0 Å². The Kier molecular flexibility index (Phi) is 4.99. The van der Waals surface area contributed by atoms with Gasteiger partial charge in [-0.2, -0.15) is 11.8 Å². The lowest BCUT2D eigenvalue weighted by molar-refractivity contribution is 0.192. The van der Waals surface area contributed by atoms with E-state index in [0.29, 0.717) is 17.3 Å². The Morgan fingerprint density at radius 3 is 2.79 bits per heavy atom. The average Bonchev–Trinajstić information content (AvgIpc) is 2.31. The van der Waals surface area contributed by atoms with E-state index in [9.17, 15) is 0 Å². The zero-order valence-corrected chi connectivity index (χ0v) is 14.4. The van der Waals surface area contributed by atoms with E-state index in [4.69, 9.17) is 5.73 Å². The van der Waals surface area contributed by atoms with E-state index in [-0.39, 0.29) is 0 Å². The van der Waals surface area contributed by atoms with Gasteiger partial charge in [0.2, 0.25) is 0 Å². The van der Waals surface area contributed by atoms with Gasteiger partial charge in [-0.15, -0.1) is 0 Å². The SMILES string of the molecule is Cc1ccc(C(CN)N2CCSC(C)(C)C2)c(Br)c1. The minimum atomic E-state index is 0.315. The molecule has 4 heteroatoms. The van der Waals surface area contributed by atoms with Gasteiger partial charge in [-0.25, -0.2) is 0 Å². The fraction of sp³-hybridized carbons (Fsp3) is 0.600. The molecule has 0 saturated carbocycles. The van der Waals surface area contributed by atoms with E-state index in [1.54, 1.807) is 0 Å². The molecule has 0 bridgehead atoms. The van der Waals surface area contributed by atoms with E-state index in [2.05, 4.69) is 71.6 Å². The van der Waals surface area contributed by atoms with Gasteiger partial charge in [0.15, 0.2) is 0 Å². The number of thioether (sulfide) groups is 1. The van der Waals surface area contributed by atoms with E-state index >= 15 is 0 Å². The summed E-state index contributed by atoms with van der Waals surface area (Å²) < 4.78 is 1.50. The smallest absolute Gasteiger partial charge is 0.0482 e. The van der Waals surface area contributed by atoms with Crippen molar-refractivity contribution in [3.63, 3.8) is 0 Å². The van der Waals surface area contributed by atoms with Gasteiger partial charge in [-0.05, 0) is 38.0 Å². The fourth-order valence-corrected chi connectivity index (χ4v) is 4.59. The monoisotopic (exact) mass is 342 g/mol. The van der Waals surface area contributed by atoms with Crippen LogP contribution in [-0.2, 0) is 0 Å². The van der Waals surface area contributed by atoms with Crippen LogP contribution in [0.15, 0.2) is 22.7 Å². The summed E-state index contributed by atoms with van der Waals surface area (Å²) in [6, 6.07) is 6.88. The van der Waals surface area contributed by atoms with E-state index < -0.39 is 0 Å². The predicted octanol–water partition coefficient (Wildman–Crippen LogP) is 3.58. The lowest BCUT2D eigenvalue weighted by atomic mass is 10.0. The average molecular weight is 343 g/mol. The summed E-state index contributed by atoms with van der Waals surface area (Å²) in [5, 5.41) is 0. The van der Waals surface area contributed by atoms with Gasteiger partial charge in [-0.3, -0.25) is 4.90 Å². The van der Waals surface area contributed by atoms with Gasteiger partial charge >= 0.3 is 0 Å². The molecule has 2 N–H and O–H groups in total. The molecule has 0 amide bonds. The highest BCUT2D eigenvalue weighted by Crippen LogP contribution is 2.35. The molecule has 0 spiro atoms. The highest BCUT2D eigenvalue weighted by molar-refractivity contribution is 9.10. The van der Waals surface area contributed by atoms with Crippen LogP contribution in [0.5, 0.6) is 0 Å². The van der Waals surface area contributed by atoms with Crippen molar-refractivity contribution < 1.29 is 0 Å². The molecule has 2 rings (SSSR count). The Hall–Kier alpha value is -0.0300. The van der Waals surface area contributed by atoms with Gasteiger partial charge in [0.05, 0.1) is 0 Å². The molecule has 1 aromatic carbocycles. The summed E-state index contributed by atoms with van der Waals surface area (Å²) in [6.07, 6.45) is 0. The molecule has 0 aliphatic carbocycles. The van der Waals surface area contributed by atoms with Crippen molar-refractivity contribution in [1.82, 2.24) is 4.90 Å². The van der Waals surface area contributed by atoms with Crippen LogP contribution in [0.4, 0.5) is 0 Å². The summed E-state index contributed by atoms with van der Waals surface area (Å²) in [5.74, 6) is 1.19. The van der Waals surface area contributed by atoms with Crippen molar-refractivity contribution in [2.75, 3.05) is 25.4 Å². The summed E-state index contributed by atoms with van der Waals surface area (Å²) in [4.78, 5) is 2.53. The molecule has 1 aliphatic rings. The predicted molar refractivity (Wildman–Crippen MR) is 88.8 cm³/mol. The number of nitrogens with zero attached hydrogens (tertiary/aromatic N) is 1. The molecule has 1 aromatic rings. The first-order valence-corrected chi connectivity index (χ1v) is 8.55. The van der Waals surface area contributed by atoms with Gasteiger partial charge in [-0.1, -0.05) is 28.1 Å². The Morgan fingerprint density at radius 1 is 1.47 bits per heavy atom. The number of hydrogen-bond donors (Lipinski definition) is 1. The van der Waals surface area contributed by atoms with Crippen LogP contribution in [0.3, 0.4) is 0 Å². The van der Waals surface area contributed by atoms with Crippen molar-refractivity contribution in [1.29, 1.82) is 0 Å². The lowest BCUT2D eigenvalue weighted by Crippen LogP contribution is -2.46. The number of halogens is 1. The second kappa shape index (κ2) is 6.17. The Morgan fingerprint density at radius 2 is 2.21 bits per heavy atom. The molecule has 2 nitrogen and oxygen atoms in total. The minimum absolute atomic E-state index is 0.315. The number of aryl methyl sites for hydroxylation is 1. The van der Waals surface area contributed by atoms with Crippen molar-refractivity contribution in [2.45, 2.75) is 31.6 Å². The van der Waals surface area contributed by atoms with Crippen molar-refractivity contribution in [3.05, 3.63) is 33.8 Å². The van der Waals surface area contributed by atoms with Gasteiger partial charge < -0.3 is 5.73 Å². The Labute approximate surface area is 129 Å². The van der Waals surface area contributed by atoms with Crippen molar-refractivity contribution in [3.8, 4) is 0 Å². The van der Waals surface area contributed by atoms with E-state index in [0.717, 1.165) is 13.1 Å². The molecule has 0 aromatic heterocycles. The van der Waals surface area contributed by atoms with Crippen LogP contribution in [0.2, 0.25) is 0 Å². The third kappa shape index (κ3) is 3.75. The molecule has 19 heavy (non-hydrogen) atoms. The van der Waals surface area contributed by atoms with Crippen LogP contribution in [0, 0.1) is 6.92 Å². The van der Waals surface area contributed by atoms with Crippen LogP contribution < -0.4 is 5.73 Å². The number of rotatable bonds is 3. The maximum Gasteiger partial charge on any atom is 0.0482 e. The highest BCUT2D eigenvalue weighted by atomic mass is 79.9. The summed E-state index contributed by atoms with van der Waals surface area (Å²) in [6.45, 7) is 9.65. The highest BCUT2D eigenvalue weighted by Gasteiger charge is 2.31. The quantitative estimate of drug-likeness (QED) is 0.910. The minimum Gasteiger partial charge on any atom is -0.329 e. The zero-order valence-electron chi connectivity index (χ0n) is 11.9. The molecule has 1 heterocycles. The normalized spacial score (nSPS) is 21.3. The molecule has 1 unspecified atom stereocenters. The van der Waals surface area contributed by atoms with Gasteiger partial charge in [0, 0.05) is 40.6 Å². The third-order valence-corrected chi connectivity index (χ3v) is 5.62. The summed E-state index contributed by atoms with van der Waals surface area (Å²) >= 11 is 5.76. The largest absolute Gasteiger partial charge is 0.329 e. The molecule has 1 aliphatic heterocycles. The van der Waals surface area contributed by atoms with Crippen LogP contribution in [-0.4, -0.2) is 35.0 Å². The van der Waals surface area contributed by atoms with Crippen molar-refractivity contribution >= 4 is 27.7 Å². The summed E-state index contributed by atoms with van der Waals surface area (Å²) in [5.41, 5.74) is 8.66. The second-order valence-electron chi connectivity index (χ2n) is 5.86. The first-order chi connectivity index (χ1) is 8.93. The lowest BCUT2D eigenvalue weighted by Gasteiger charge is -2.42. The summed E-state index contributed by atoms with van der Waals surface area (Å²) in [7, 11) is 0. The first kappa shape index (κ1) is 15.4. The maximum atomic E-state index is 6.06. The molecule has 1 saturated heterocycles. The van der Waals surface area contributed by atoms with Gasteiger partial charge in [0.1, 0.15) is 0 Å². The number of hydrogen-bond acceptors (Lipinski definition) is 3. The van der Waals surface area contributed by atoms with Crippen LogP contribution in [0.25, 0.3) is 0 Å². The molecule has 1 atom stereocenters. The number of benzene rings is 1. The number of nitrogens with two attached hydrogens (primary N) is 1. The Bertz CT molecular complexity index is 448. The second-order valence-corrected chi connectivity index (χ2v) is 8.51. The third-order valence-electron chi connectivity index (χ3n) is 3.63. The first-order valence-electron chi connectivity index (χ1n) is 6.77. The fourth-order valence-electron chi connectivity index (χ4n) is 2.69. The van der Waals surface area contributed by atoms with Crippen molar-refractivity contribution in [2.24, 2.45) is 5.73 Å².